The molecule has 0 saturated carbocycles. The lowest BCUT2D eigenvalue weighted by molar-refractivity contribution is 0.271. The minimum absolute atomic E-state index is 0. The van der Waals surface area contributed by atoms with Gasteiger partial charge in [0, 0.05) is 37.6 Å². The molecule has 0 fully saturated rings. The summed E-state index contributed by atoms with van der Waals surface area (Å²) < 4.78 is 5.72. The van der Waals surface area contributed by atoms with Gasteiger partial charge in [-0.2, -0.15) is 0 Å². The molecule has 1 aromatic carbocycles. The predicted octanol–water partition coefficient (Wildman–Crippen LogP) is 4.05. The summed E-state index contributed by atoms with van der Waals surface area (Å²) in [7, 11) is 1.80. The molecular weight excluding hydrogens is 471 g/mol. The molecule has 7 heteroatoms. The van der Waals surface area contributed by atoms with E-state index in [9.17, 15) is 0 Å². The number of aliphatic imine (C=N–C) groups is 1. The van der Waals surface area contributed by atoms with E-state index in [1.54, 1.807) is 18.4 Å². The highest BCUT2D eigenvalue weighted by Crippen LogP contribution is 2.13. The molecule has 2 aromatic rings. The number of benzene rings is 1. The number of hydrogen-bond donors (Lipinski definition) is 2. The first kappa shape index (κ1) is 23.7. The molecule has 1 aromatic heterocycles. The zero-order valence-corrected chi connectivity index (χ0v) is 19.8. The van der Waals surface area contributed by atoms with Crippen molar-refractivity contribution in [3.05, 3.63) is 45.9 Å². The smallest absolute Gasteiger partial charge is 0.191 e. The molecule has 0 aliphatic rings. The fourth-order valence-electron chi connectivity index (χ4n) is 2.37. The maximum Gasteiger partial charge on any atom is 0.191 e. The molecule has 0 saturated heterocycles. The molecule has 0 amide bonds. The van der Waals surface area contributed by atoms with Gasteiger partial charge in [-0.15, -0.1) is 35.3 Å². The van der Waals surface area contributed by atoms with Crippen LogP contribution in [0.5, 0.6) is 5.75 Å². The van der Waals surface area contributed by atoms with Crippen molar-refractivity contribution in [1.29, 1.82) is 0 Å². The number of hydrogen-bond acceptors (Lipinski definition) is 4. The summed E-state index contributed by atoms with van der Waals surface area (Å²) >= 11 is 1.75. The van der Waals surface area contributed by atoms with E-state index in [2.05, 4.69) is 53.5 Å². The summed E-state index contributed by atoms with van der Waals surface area (Å²) in [5.41, 5.74) is 1.28. The van der Waals surface area contributed by atoms with E-state index >= 15 is 0 Å². The second-order valence-electron chi connectivity index (χ2n) is 6.64. The van der Waals surface area contributed by atoms with Crippen LogP contribution in [0.25, 0.3) is 0 Å². The first-order valence-corrected chi connectivity index (χ1v) is 9.96. The van der Waals surface area contributed by atoms with Crippen LogP contribution >= 0.6 is 35.3 Å². The van der Waals surface area contributed by atoms with E-state index in [0.717, 1.165) is 49.3 Å². The molecule has 0 spiro atoms. The molecule has 0 radical (unpaired) electrons. The van der Waals surface area contributed by atoms with Gasteiger partial charge < -0.3 is 15.4 Å². The van der Waals surface area contributed by atoms with E-state index in [-0.39, 0.29) is 24.0 Å². The third kappa shape index (κ3) is 9.41. The van der Waals surface area contributed by atoms with E-state index in [0.29, 0.717) is 5.92 Å². The van der Waals surface area contributed by atoms with Crippen LogP contribution in [0.4, 0.5) is 0 Å². The maximum atomic E-state index is 5.72. The maximum absolute atomic E-state index is 5.72. The fraction of sp³-hybridized carbons (Fsp3) is 0.500. The van der Waals surface area contributed by atoms with Gasteiger partial charge in [0.1, 0.15) is 5.75 Å². The first-order chi connectivity index (χ1) is 12.6. The molecule has 0 aliphatic carbocycles. The normalized spacial score (nSPS) is 11.2. The van der Waals surface area contributed by atoms with Crippen molar-refractivity contribution >= 4 is 41.3 Å². The predicted molar refractivity (Wildman–Crippen MR) is 126 cm³/mol. The molecule has 2 rings (SSSR count). The van der Waals surface area contributed by atoms with E-state index in [4.69, 9.17) is 4.74 Å². The standard InChI is InChI=1S/C20H30N4OS.HI/c1-15(2)14-25-18-7-5-17(6-8-18)9-11-22-20(21-4)23-12-10-19-24-13-16(3)26-19;/h5-8,13,15H,9-12,14H2,1-4H3,(H2,21,22,23);1H. The van der Waals surface area contributed by atoms with Crippen molar-refractivity contribution in [1.82, 2.24) is 15.6 Å². The lowest BCUT2D eigenvalue weighted by atomic mass is 10.1. The van der Waals surface area contributed by atoms with Crippen molar-refractivity contribution in [3.63, 3.8) is 0 Å². The van der Waals surface area contributed by atoms with Crippen LogP contribution < -0.4 is 15.4 Å². The van der Waals surface area contributed by atoms with Crippen LogP contribution in [-0.2, 0) is 12.8 Å². The number of thiazole rings is 1. The largest absolute Gasteiger partial charge is 0.493 e. The summed E-state index contributed by atoms with van der Waals surface area (Å²) in [6, 6.07) is 8.33. The Morgan fingerprint density at radius 3 is 2.37 bits per heavy atom. The number of aryl methyl sites for hydroxylation is 1. The zero-order valence-electron chi connectivity index (χ0n) is 16.6. The van der Waals surface area contributed by atoms with Gasteiger partial charge in [-0.05, 0) is 37.0 Å². The first-order valence-electron chi connectivity index (χ1n) is 9.14. The lowest BCUT2D eigenvalue weighted by Gasteiger charge is -2.12. The Balaban J connectivity index is 0.00000364. The molecule has 0 aliphatic heterocycles. The summed E-state index contributed by atoms with van der Waals surface area (Å²) in [6.07, 6.45) is 3.78. The molecule has 5 nitrogen and oxygen atoms in total. The Hall–Kier alpha value is -1.35. The highest BCUT2D eigenvalue weighted by molar-refractivity contribution is 14.0. The molecular formula is C20H31IN4OS. The van der Waals surface area contributed by atoms with Gasteiger partial charge >= 0.3 is 0 Å². The van der Waals surface area contributed by atoms with Gasteiger partial charge in [0.15, 0.2) is 5.96 Å². The van der Waals surface area contributed by atoms with E-state index < -0.39 is 0 Å². The quantitative estimate of drug-likeness (QED) is 0.309. The topological polar surface area (TPSA) is 58.5 Å². The van der Waals surface area contributed by atoms with Gasteiger partial charge in [0.25, 0.3) is 0 Å². The molecule has 0 unspecified atom stereocenters. The molecule has 27 heavy (non-hydrogen) atoms. The Morgan fingerprint density at radius 2 is 1.81 bits per heavy atom. The van der Waals surface area contributed by atoms with E-state index in [1.165, 1.54) is 10.4 Å². The van der Waals surface area contributed by atoms with Gasteiger partial charge in [-0.25, -0.2) is 4.98 Å². The molecule has 150 valence electrons. The van der Waals surface area contributed by atoms with Crippen molar-refractivity contribution in [3.8, 4) is 5.75 Å². The Bertz CT molecular complexity index is 686. The van der Waals surface area contributed by atoms with Crippen LogP contribution in [0.3, 0.4) is 0 Å². The number of rotatable bonds is 9. The minimum atomic E-state index is 0. The Kier molecular flexibility index (Phi) is 11.3. The second kappa shape index (κ2) is 12.9. The van der Waals surface area contributed by atoms with Crippen LogP contribution in [0.15, 0.2) is 35.5 Å². The summed E-state index contributed by atoms with van der Waals surface area (Å²) in [4.78, 5) is 9.90. The fourth-order valence-corrected chi connectivity index (χ4v) is 3.15. The number of halogens is 1. The molecule has 2 N–H and O–H groups in total. The highest BCUT2D eigenvalue weighted by atomic mass is 127. The van der Waals surface area contributed by atoms with Crippen molar-refractivity contribution < 1.29 is 4.74 Å². The van der Waals surface area contributed by atoms with Crippen molar-refractivity contribution in [2.24, 2.45) is 10.9 Å². The molecule has 1 heterocycles. The third-order valence-electron chi connectivity index (χ3n) is 3.74. The number of aromatic nitrogens is 1. The van der Waals surface area contributed by atoms with Crippen LogP contribution in [0.1, 0.15) is 29.3 Å². The third-order valence-corrected chi connectivity index (χ3v) is 4.71. The van der Waals surface area contributed by atoms with Crippen LogP contribution in [-0.4, -0.2) is 37.7 Å². The number of guanidine groups is 1. The van der Waals surface area contributed by atoms with Crippen molar-refractivity contribution in [2.45, 2.75) is 33.6 Å². The van der Waals surface area contributed by atoms with Crippen LogP contribution in [0.2, 0.25) is 0 Å². The van der Waals surface area contributed by atoms with Gasteiger partial charge in [-0.3, -0.25) is 4.99 Å². The molecule has 0 bridgehead atoms. The average Bonchev–Trinajstić information content (AvgIpc) is 3.05. The molecule has 0 atom stereocenters. The van der Waals surface area contributed by atoms with Gasteiger partial charge in [0.2, 0.25) is 0 Å². The average molecular weight is 502 g/mol. The van der Waals surface area contributed by atoms with E-state index in [1.807, 2.05) is 18.3 Å². The van der Waals surface area contributed by atoms with Crippen molar-refractivity contribution in [2.75, 3.05) is 26.7 Å². The van der Waals surface area contributed by atoms with Gasteiger partial charge in [-0.1, -0.05) is 26.0 Å². The highest BCUT2D eigenvalue weighted by Gasteiger charge is 2.02. The second-order valence-corrected chi connectivity index (χ2v) is 7.96. The number of ether oxygens (including phenoxy) is 1. The summed E-state index contributed by atoms with van der Waals surface area (Å²) in [5.74, 6) is 2.30. The lowest BCUT2D eigenvalue weighted by Crippen LogP contribution is -2.39. The van der Waals surface area contributed by atoms with Crippen LogP contribution in [0, 0.1) is 12.8 Å². The Labute approximate surface area is 184 Å². The van der Waals surface area contributed by atoms with Gasteiger partial charge in [0.05, 0.1) is 11.6 Å². The summed E-state index contributed by atoms with van der Waals surface area (Å²) in [6.45, 7) is 8.80. The Morgan fingerprint density at radius 1 is 1.15 bits per heavy atom. The summed E-state index contributed by atoms with van der Waals surface area (Å²) in [5, 5.41) is 7.85. The number of nitrogens with zero attached hydrogens (tertiary/aromatic N) is 2. The minimum Gasteiger partial charge on any atom is -0.493 e. The monoisotopic (exact) mass is 502 g/mol. The number of nitrogens with one attached hydrogen (secondary N) is 2. The zero-order chi connectivity index (χ0) is 18.8. The SMILES string of the molecule is CN=C(NCCc1ccc(OCC(C)C)cc1)NCCc1ncc(C)s1.I.